The van der Waals surface area contributed by atoms with Crippen LogP contribution in [0.3, 0.4) is 0 Å². The van der Waals surface area contributed by atoms with Crippen molar-refractivity contribution in [3.63, 3.8) is 0 Å². The molecular weight excluding hydrogens is 346 g/mol. The second kappa shape index (κ2) is 8.21. The molecule has 3 aromatic rings. The number of aromatic nitrogens is 2. The molecule has 1 heterocycles. The van der Waals surface area contributed by atoms with Crippen LogP contribution in [0.15, 0.2) is 70.6 Å². The van der Waals surface area contributed by atoms with Crippen molar-refractivity contribution in [2.24, 2.45) is 0 Å². The number of hydrogen-bond donors (Lipinski definition) is 2. The number of quaternary nitrogens is 1. The number of rotatable bonds is 6. The van der Waals surface area contributed by atoms with Crippen molar-refractivity contribution < 1.29 is 10.0 Å². The molecule has 26 heavy (non-hydrogen) atoms. The maximum absolute atomic E-state index is 13.3. The van der Waals surface area contributed by atoms with Crippen LogP contribution in [0.5, 0.6) is 5.88 Å². The van der Waals surface area contributed by atoms with Crippen LogP contribution in [0.1, 0.15) is 0 Å². The molecule has 0 aliphatic rings. The third-order valence-electron chi connectivity index (χ3n) is 3.94. The lowest BCUT2D eigenvalue weighted by molar-refractivity contribution is -0.855. The Morgan fingerprint density at radius 2 is 1.65 bits per heavy atom. The predicted molar refractivity (Wildman–Crippen MR) is 105 cm³/mol. The fraction of sp³-hybridized carbons (Fsp3) is 0.200. The van der Waals surface area contributed by atoms with Crippen LogP contribution in [0.4, 0.5) is 0 Å². The minimum Gasteiger partial charge on any atom is -0.493 e. The molecule has 0 atom stereocenters. The van der Waals surface area contributed by atoms with Crippen LogP contribution >= 0.6 is 11.8 Å². The normalized spacial score (nSPS) is 11.0. The summed E-state index contributed by atoms with van der Waals surface area (Å²) in [6, 6.07) is 18.6. The van der Waals surface area contributed by atoms with Crippen molar-refractivity contribution in [3.8, 4) is 22.7 Å². The lowest BCUT2D eigenvalue weighted by Crippen LogP contribution is -3.06. The van der Waals surface area contributed by atoms with E-state index >= 15 is 0 Å². The van der Waals surface area contributed by atoms with E-state index in [1.807, 2.05) is 48.5 Å². The van der Waals surface area contributed by atoms with E-state index in [9.17, 15) is 9.90 Å². The van der Waals surface area contributed by atoms with Gasteiger partial charge >= 0.3 is 0 Å². The van der Waals surface area contributed by atoms with Gasteiger partial charge in [-0.15, -0.1) is 0 Å². The summed E-state index contributed by atoms with van der Waals surface area (Å²) in [6.45, 7) is 0.927. The quantitative estimate of drug-likeness (QED) is 0.515. The van der Waals surface area contributed by atoms with Crippen molar-refractivity contribution in [2.75, 3.05) is 26.4 Å². The third kappa shape index (κ3) is 3.98. The second-order valence-electron chi connectivity index (χ2n) is 6.24. The smallest absolute Gasteiger partial charge is 0.270 e. The lowest BCUT2D eigenvalue weighted by atomic mass is 10.1. The summed E-state index contributed by atoms with van der Waals surface area (Å²) < 4.78 is 1.58. The molecule has 0 saturated carbocycles. The minimum atomic E-state index is -0.269. The Hall–Kier alpha value is -2.57. The molecule has 0 unspecified atom stereocenters. The SMILES string of the molecule is C[NH+](C)CCSc1nc(O)c(-c2ccccc2)c(=O)n1-c1ccccc1. The van der Waals surface area contributed by atoms with Gasteiger partial charge in [-0.25, -0.2) is 0 Å². The largest absolute Gasteiger partial charge is 0.493 e. The number of benzene rings is 2. The van der Waals surface area contributed by atoms with Gasteiger partial charge in [0.25, 0.3) is 5.56 Å². The number of thioether (sulfide) groups is 1. The standard InChI is InChI=1S/C20H21N3O2S/c1-22(2)13-14-26-20-21-18(24)17(15-9-5-3-6-10-15)19(25)23(20)16-11-7-4-8-12-16/h3-12,24H,13-14H2,1-2H3/p+1. The van der Waals surface area contributed by atoms with Crippen molar-refractivity contribution >= 4 is 11.8 Å². The van der Waals surface area contributed by atoms with E-state index in [1.165, 1.54) is 16.7 Å². The lowest BCUT2D eigenvalue weighted by Gasteiger charge is -2.15. The third-order valence-corrected chi connectivity index (χ3v) is 4.88. The highest BCUT2D eigenvalue weighted by atomic mass is 32.2. The van der Waals surface area contributed by atoms with Crippen LogP contribution in [0, 0.1) is 0 Å². The highest BCUT2D eigenvalue weighted by molar-refractivity contribution is 7.99. The molecule has 2 N–H and O–H groups in total. The van der Waals surface area contributed by atoms with E-state index in [2.05, 4.69) is 19.1 Å². The zero-order valence-corrected chi connectivity index (χ0v) is 15.7. The van der Waals surface area contributed by atoms with E-state index in [-0.39, 0.29) is 17.0 Å². The Bertz CT molecular complexity index is 925. The topological polar surface area (TPSA) is 59.6 Å². The van der Waals surface area contributed by atoms with E-state index in [0.29, 0.717) is 10.7 Å². The van der Waals surface area contributed by atoms with Gasteiger partial charge in [0.2, 0.25) is 5.88 Å². The molecule has 0 saturated heterocycles. The molecule has 0 amide bonds. The first kappa shape index (κ1) is 18.2. The molecule has 0 aliphatic heterocycles. The molecule has 6 heteroatoms. The first-order valence-electron chi connectivity index (χ1n) is 8.46. The van der Waals surface area contributed by atoms with Gasteiger partial charge in [0.15, 0.2) is 5.16 Å². The summed E-state index contributed by atoms with van der Waals surface area (Å²) in [4.78, 5) is 18.9. The van der Waals surface area contributed by atoms with Gasteiger partial charge in [0.05, 0.1) is 32.1 Å². The predicted octanol–water partition coefficient (Wildman–Crippen LogP) is 1.84. The summed E-state index contributed by atoms with van der Waals surface area (Å²) in [7, 11) is 4.16. The second-order valence-corrected chi connectivity index (χ2v) is 7.30. The Morgan fingerprint density at radius 3 is 2.27 bits per heavy atom. The van der Waals surface area contributed by atoms with Crippen LogP contribution < -0.4 is 10.5 Å². The zero-order valence-electron chi connectivity index (χ0n) is 14.8. The number of nitrogens with zero attached hydrogens (tertiary/aromatic N) is 2. The van der Waals surface area contributed by atoms with Crippen LogP contribution in [-0.2, 0) is 0 Å². The molecule has 1 aromatic heterocycles. The molecule has 5 nitrogen and oxygen atoms in total. The van der Waals surface area contributed by atoms with Crippen molar-refractivity contribution in [3.05, 3.63) is 71.0 Å². The summed E-state index contributed by atoms with van der Waals surface area (Å²) in [6.07, 6.45) is 0. The number of para-hydroxylation sites is 1. The fourth-order valence-corrected chi connectivity index (χ4v) is 3.76. The maximum Gasteiger partial charge on any atom is 0.270 e. The van der Waals surface area contributed by atoms with Gasteiger partial charge in [0.1, 0.15) is 5.56 Å². The van der Waals surface area contributed by atoms with Crippen LogP contribution in [0.25, 0.3) is 16.8 Å². The molecule has 0 fully saturated rings. The van der Waals surface area contributed by atoms with Gasteiger partial charge in [0, 0.05) is 0 Å². The first-order chi connectivity index (χ1) is 12.6. The van der Waals surface area contributed by atoms with Gasteiger partial charge in [-0.05, 0) is 17.7 Å². The van der Waals surface area contributed by atoms with Crippen molar-refractivity contribution in [2.45, 2.75) is 5.16 Å². The number of hydrogen-bond acceptors (Lipinski definition) is 4. The molecule has 0 spiro atoms. The summed E-state index contributed by atoms with van der Waals surface area (Å²) in [5.74, 6) is 0.569. The highest BCUT2D eigenvalue weighted by Crippen LogP contribution is 2.28. The Kier molecular flexibility index (Phi) is 5.75. The Labute approximate surface area is 156 Å². The molecule has 3 rings (SSSR count). The van der Waals surface area contributed by atoms with Crippen LogP contribution in [-0.4, -0.2) is 41.1 Å². The molecule has 0 aliphatic carbocycles. The van der Waals surface area contributed by atoms with Gasteiger partial charge in [-0.3, -0.25) is 9.36 Å². The summed E-state index contributed by atoms with van der Waals surface area (Å²) in [5, 5.41) is 11.0. The highest BCUT2D eigenvalue weighted by Gasteiger charge is 2.19. The van der Waals surface area contributed by atoms with E-state index < -0.39 is 0 Å². The van der Waals surface area contributed by atoms with Crippen molar-refractivity contribution in [1.82, 2.24) is 9.55 Å². The average Bonchev–Trinajstić information content (AvgIpc) is 2.63. The maximum atomic E-state index is 13.3. The molecule has 0 radical (unpaired) electrons. The van der Waals surface area contributed by atoms with Gasteiger partial charge in [-0.2, -0.15) is 4.98 Å². The van der Waals surface area contributed by atoms with Crippen LogP contribution in [0.2, 0.25) is 0 Å². The van der Waals surface area contributed by atoms with Gasteiger partial charge in [-0.1, -0.05) is 60.3 Å². The van der Waals surface area contributed by atoms with E-state index in [4.69, 9.17) is 0 Å². The monoisotopic (exact) mass is 368 g/mol. The summed E-state index contributed by atoms with van der Waals surface area (Å²) >= 11 is 1.47. The number of aromatic hydroxyl groups is 1. The average molecular weight is 368 g/mol. The Balaban J connectivity index is 2.15. The minimum absolute atomic E-state index is 0.219. The first-order valence-corrected chi connectivity index (χ1v) is 9.45. The summed E-state index contributed by atoms with van der Waals surface area (Å²) in [5.41, 5.74) is 1.34. The van der Waals surface area contributed by atoms with E-state index in [1.54, 1.807) is 16.7 Å². The van der Waals surface area contributed by atoms with E-state index in [0.717, 1.165) is 18.0 Å². The molecule has 2 aromatic carbocycles. The molecule has 134 valence electrons. The van der Waals surface area contributed by atoms with Crippen molar-refractivity contribution in [1.29, 1.82) is 0 Å². The fourth-order valence-electron chi connectivity index (χ4n) is 2.60. The number of nitrogens with one attached hydrogen (secondary N) is 1. The van der Waals surface area contributed by atoms with Gasteiger partial charge < -0.3 is 10.0 Å². The zero-order chi connectivity index (χ0) is 18.5. The Morgan fingerprint density at radius 1 is 1.04 bits per heavy atom. The molecule has 0 bridgehead atoms. The molecular formula is C20H22N3O2S+.